The molecule has 1 aromatic heterocycles. The van der Waals surface area contributed by atoms with E-state index in [1.807, 2.05) is 24.3 Å². The second kappa shape index (κ2) is 9.03. The van der Waals surface area contributed by atoms with E-state index >= 15 is 0 Å². The average Bonchev–Trinajstić information content (AvgIpc) is 3.02. The number of esters is 1. The van der Waals surface area contributed by atoms with Gasteiger partial charge in [-0.15, -0.1) is 0 Å². The van der Waals surface area contributed by atoms with Gasteiger partial charge in [0.25, 0.3) is 0 Å². The van der Waals surface area contributed by atoms with Crippen molar-refractivity contribution in [2.24, 2.45) is 0 Å². The first-order chi connectivity index (χ1) is 15.0. The summed E-state index contributed by atoms with van der Waals surface area (Å²) in [7, 11) is -3.68. The van der Waals surface area contributed by atoms with Crippen molar-refractivity contribution in [2.45, 2.75) is 30.6 Å². The molecule has 1 aliphatic heterocycles. The van der Waals surface area contributed by atoms with Crippen LogP contribution in [0.2, 0.25) is 0 Å². The number of nitrogens with zero attached hydrogens (tertiary/aromatic N) is 1. The summed E-state index contributed by atoms with van der Waals surface area (Å²) in [5, 5.41) is 0.758. The molecule has 3 aromatic rings. The summed E-state index contributed by atoms with van der Waals surface area (Å²) < 4.78 is 32.6. The highest BCUT2D eigenvalue weighted by Crippen LogP contribution is 2.22. The van der Waals surface area contributed by atoms with Gasteiger partial charge in [0, 0.05) is 35.8 Å². The lowest BCUT2D eigenvalue weighted by atomic mass is 10.1. The Morgan fingerprint density at radius 1 is 0.968 bits per heavy atom. The van der Waals surface area contributed by atoms with E-state index in [-0.39, 0.29) is 16.2 Å². The number of H-pyrrole nitrogens is 1. The van der Waals surface area contributed by atoms with Gasteiger partial charge in [-0.1, -0.05) is 37.1 Å². The molecule has 0 radical (unpaired) electrons. The minimum Gasteiger partial charge on any atom is -0.454 e. The lowest BCUT2D eigenvalue weighted by Crippen LogP contribution is -2.32. The number of sulfonamides is 1. The van der Waals surface area contributed by atoms with Crippen molar-refractivity contribution in [2.75, 3.05) is 19.7 Å². The van der Waals surface area contributed by atoms with Gasteiger partial charge in [-0.05, 0) is 37.1 Å². The Kier molecular flexibility index (Phi) is 6.20. The fraction of sp³-hybridized carbons (Fsp3) is 0.304. The minimum absolute atomic E-state index is 0.0619. The molecule has 4 rings (SSSR count). The zero-order valence-electron chi connectivity index (χ0n) is 17.0. The first kappa shape index (κ1) is 21.3. The Morgan fingerprint density at radius 2 is 1.71 bits per heavy atom. The van der Waals surface area contributed by atoms with Crippen molar-refractivity contribution >= 4 is 32.7 Å². The molecule has 7 nitrogen and oxygen atoms in total. The van der Waals surface area contributed by atoms with Crippen LogP contribution in [-0.4, -0.2) is 49.2 Å². The van der Waals surface area contributed by atoms with Crippen LogP contribution in [-0.2, 0) is 14.8 Å². The van der Waals surface area contributed by atoms with Crippen LogP contribution in [0.3, 0.4) is 0 Å². The summed E-state index contributed by atoms with van der Waals surface area (Å²) in [5.41, 5.74) is 1.37. The number of nitrogens with one attached hydrogen (secondary N) is 1. The van der Waals surface area contributed by atoms with Crippen LogP contribution in [0.15, 0.2) is 59.6 Å². The molecule has 0 bridgehead atoms. The van der Waals surface area contributed by atoms with Gasteiger partial charge in [0.2, 0.25) is 15.8 Å². The van der Waals surface area contributed by atoms with Crippen molar-refractivity contribution in [3.05, 3.63) is 65.9 Å². The second-order valence-corrected chi connectivity index (χ2v) is 9.53. The number of benzene rings is 2. The third-order valence-electron chi connectivity index (χ3n) is 5.50. The average molecular weight is 441 g/mol. The summed E-state index contributed by atoms with van der Waals surface area (Å²) in [6.45, 7) is 0.538. The second-order valence-electron chi connectivity index (χ2n) is 7.59. The van der Waals surface area contributed by atoms with Gasteiger partial charge in [0.15, 0.2) is 6.61 Å². The maximum Gasteiger partial charge on any atom is 0.338 e. The van der Waals surface area contributed by atoms with Crippen molar-refractivity contribution in [1.82, 2.24) is 9.29 Å². The number of para-hydroxylation sites is 1. The molecule has 0 unspecified atom stereocenters. The third kappa shape index (κ3) is 4.55. The summed E-state index contributed by atoms with van der Waals surface area (Å²) in [4.78, 5) is 28.1. The molecule has 2 aromatic carbocycles. The van der Waals surface area contributed by atoms with Crippen molar-refractivity contribution < 1.29 is 22.7 Å². The molecule has 0 saturated carbocycles. The summed E-state index contributed by atoms with van der Waals surface area (Å²) in [5.74, 6) is -1.07. The Bertz CT molecular complexity index is 1210. The van der Waals surface area contributed by atoms with E-state index in [4.69, 9.17) is 4.74 Å². The molecule has 0 aliphatic carbocycles. The summed E-state index contributed by atoms with van der Waals surface area (Å²) >= 11 is 0. The van der Waals surface area contributed by atoms with Crippen LogP contribution in [0.1, 0.15) is 46.4 Å². The standard InChI is InChI=1S/C23H24N2O5S/c26-22(20-15-24-21-11-4-3-10-19(20)21)16-30-23(27)17-8-7-9-18(14-17)31(28,29)25-12-5-1-2-6-13-25/h3-4,7-11,14-15,24H,1-2,5-6,12-13,16H2. The van der Waals surface area contributed by atoms with Crippen LogP contribution < -0.4 is 0 Å². The number of aromatic nitrogens is 1. The van der Waals surface area contributed by atoms with Gasteiger partial charge in [-0.3, -0.25) is 4.79 Å². The van der Waals surface area contributed by atoms with Gasteiger partial charge in [0.05, 0.1) is 10.5 Å². The molecule has 1 N–H and O–H groups in total. The normalized spacial score (nSPS) is 15.5. The van der Waals surface area contributed by atoms with Crippen LogP contribution in [0, 0.1) is 0 Å². The Hall–Kier alpha value is -2.97. The lowest BCUT2D eigenvalue weighted by Gasteiger charge is -2.20. The number of ketones is 1. The molecule has 1 fully saturated rings. The van der Waals surface area contributed by atoms with Gasteiger partial charge in [0.1, 0.15) is 0 Å². The number of Topliss-reactive ketones (excluding diaryl/α,β-unsaturated/α-hetero) is 1. The number of aromatic amines is 1. The van der Waals surface area contributed by atoms with E-state index in [0.717, 1.165) is 36.6 Å². The Morgan fingerprint density at radius 3 is 2.48 bits per heavy atom. The Labute approximate surface area is 181 Å². The number of rotatable bonds is 6. The van der Waals surface area contributed by atoms with Crippen molar-refractivity contribution in [3.63, 3.8) is 0 Å². The van der Waals surface area contributed by atoms with Crippen molar-refractivity contribution in [3.8, 4) is 0 Å². The van der Waals surface area contributed by atoms with E-state index in [1.165, 1.54) is 28.6 Å². The summed E-state index contributed by atoms with van der Waals surface area (Å²) in [6.07, 6.45) is 5.29. The molecule has 0 amide bonds. The number of carbonyl (C=O) groups is 2. The first-order valence-corrected chi connectivity index (χ1v) is 11.8. The SMILES string of the molecule is O=C(OCC(=O)c1c[nH]c2ccccc12)c1cccc(S(=O)(=O)N2CCCCCC2)c1. The predicted molar refractivity (Wildman–Crippen MR) is 117 cm³/mol. The highest BCUT2D eigenvalue weighted by atomic mass is 32.2. The molecule has 2 heterocycles. The number of ether oxygens (including phenoxy) is 1. The highest BCUT2D eigenvalue weighted by molar-refractivity contribution is 7.89. The van der Waals surface area contributed by atoms with Crippen molar-refractivity contribution in [1.29, 1.82) is 0 Å². The first-order valence-electron chi connectivity index (χ1n) is 10.3. The molecule has 0 spiro atoms. The highest BCUT2D eigenvalue weighted by Gasteiger charge is 2.26. The lowest BCUT2D eigenvalue weighted by molar-refractivity contribution is 0.0475. The zero-order chi connectivity index (χ0) is 21.8. The number of fused-ring (bicyclic) bond motifs is 1. The maximum atomic E-state index is 13.0. The number of hydrogen-bond acceptors (Lipinski definition) is 5. The maximum absolute atomic E-state index is 13.0. The van der Waals surface area contributed by atoms with Gasteiger partial charge >= 0.3 is 5.97 Å². The summed E-state index contributed by atoms with van der Waals surface area (Å²) in [6, 6.07) is 13.2. The largest absolute Gasteiger partial charge is 0.454 e. The third-order valence-corrected chi connectivity index (χ3v) is 7.39. The van der Waals surface area contributed by atoms with Gasteiger partial charge in [-0.25, -0.2) is 13.2 Å². The van der Waals surface area contributed by atoms with E-state index < -0.39 is 22.6 Å². The monoisotopic (exact) mass is 440 g/mol. The van der Waals surface area contributed by atoms with Crippen LogP contribution in [0.4, 0.5) is 0 Å². The van der Waals surface area contributed by atoms with Crippen LogP contribution >= 0.6 is 0 Å². The van der Waals surface area contributed by atoms with Gasteiger partial charge in [-0.2, -0.15) is 4.31 Å². The van der Waals surface area contributed by atoms with E-state index in [9.17, 15) is 18.0 Å². The number of hydrogen-bond donors (Lipinski definition) is 1. The smallest absolute Gasteiger partial charge is 0.338 e. The number of carbonyl (C=O) groups excluding carboxylic acids is 2. The molecule has 0 atom stereocenters. The zero-order valence-corrected chi connectivity index (χ0v) is 17.9. The van der Waals surface area contributed by atoms with Gasteiger partial charge < -0.3 is 9.72 Å². The fourth-order valence-corrected chi connectivity index (χ4v) is 5.37. The molecule has 8 heteroatoms. The Balaban J connectivity index is 1.46. The van der Waals surface area contributed by atoms with E-state index in [1.54, 1.807) is 6.20 Å². The van der Waals surface area contributed by atoms with Crippen LogP contribution in [0.5, 0.6) is 0 Å². The quantitative estimate of drug-likeness (QED) is 0.465. The molecular formula is C23H24N2O5S. The van der Waals surface area contributed by atoms with E-state index in [2.05, 4.69) is 4.98 Å². The fourth-order valence-electron chi connectivity index (χ4n) is 3.81. The molecule has 31 heavy (non-hydrogen) atoms. The molecule has 1 saturated heterocycles. The molecule has 162 valence electrons. The minimum atomic E-state index is -3.68. The van der Waals surface area contributed by atoms with Crippen LogP contribution in [0.25, 0.3) is 10.9 Å². The molecular weight excluding hydrogens is 416 g/mol. The van der Waals surface area contributed by atoms with E-state index in [0.29, 0.717) is 18.7 Å². The molecule has 1 aliphatic rings. The topological polar surface area (TPSA) is 96.5 Å². The predicted octanol–water partition coefficient (Wildman–Crippen LogP) is 3.77.